The largest absolute Gasteiger partial charge is 0.396 e. The van der Waals surface area contributed by atoms with Gasteiger partial charge in [0.15, 0.2) is 0 Å². The summed E-state index contributed by atoms with van der Waals surface area (Å²) < 4.78 is 0. The third-order valence-electron chi connectivity index (χ3n) is 2.89. The first-order chi connectivity index (χ1) is 7.13. The molecule has 0 aromatic rings. The van der Waals surface area contributed by atoms with E-state index in [1.54, 1.807) is 0 Å². The Morgan fingerprint density at radius 3 is 2.53 bits per heavy atom. The number of amides is 1. The summed E-state index contributed by atoms with van der Waals surface area (Å²) in [4.78, 5) is 13.6. The second-order valence-electron chi connectivity index (χ2n) is 4.54. The molecule has 1 rings (SSSR count). The van der Waals surface area contributed by atoms with Crippen LogP contribution in [0.1, 0.15) is 26.7 Å². The van der Waals surface area contributed by atoms with Crippen LogP contribution in [-0.2, 0) is 4.79 Å². The highest BCUT2D eigenvalue weighted by molar-refractivity contribution is 5.78. The number of nitrogens with zero attached hydrogens (tertiary/aromatic N) is 1. The summed E-state index contributed by atoms with van der Waals surface area (Å²) in [5.74, 6) is 0.576. The highest BCUT2D eigenvalue weighted by Crippen LogP contribution is 2.15. The second-order valence-corrected chi connectivity index (χ2v) is 4.54. The molecule has 0 aromatic carbocycles. The number of piperidine rings is 1. The van der Waals surface area contributed by atoms with Crippen LogP contribution in [0.4, 0.5) is 0 Å². The summed E-state index contributed by atoms with van der Waals surface area (Å²) in [6.07, 6.45) is 1.87. The Kier molecular flexibility index (Phi) is 5.05. The number of aliphatic hydroxyl groups is 1. The molecule has 0 aromatic heterocycles. The quantitative estimate of drug-likeness (QED) is 0.703. The summed E-state index contributed by atoms with van der Waals surface area (Å²) in [7, 11) is 0. The molecule has 0 bridgehead atoms. The van der Waals surface area contributed by atoms with Crippen LogP contribution in [0.25, 0.3) is 0 Å². The first-order valence-corrected chi connectivity index (χ1v) is 5.75. The lowest BCUT2D eigenvalue weighted by molar-refractivity contribution is -0.131. The van der Waals surface area contributed by atoms with Crippen LogP contribution in [0.5, 0.6) is 0 Å². The Balaban J connectivity index is 2.24. The fourth-order valence-electron chi connectivity index (χ4n) is 1.77. The zero-order chi connectivity index (χ0) is 11.3. The predicted molar refractivity (Wildman–Crippen MR) is 59.5 cm³/mol. The SMILES string of the molecule is CC(C)NCC(=O)N1CCC(CO)CC1. The van der Waals surface area contributed by atoms with Crippen LogP contribution < -0.4 is 5.32 Å². The van der Waals surface area contributed by atoms with Gasteiger partial charge < -0.3 is 15.3 Å². The average Bonchev–Trinajstić information content (AvgIpc) is 2.26. The lowest BCUT2D eigenvalue weighted by Gasteiger charge is -2.31. The van der Waals surface area contributed by atoms with Crippen molar-refractivity contribution in [1.29, 1.82) is 0 Å². The standard InChI is InChI=1S/C11H22N2O2/c1-9(2)12-7-11(15)13-5-3-10(8-14)4-6-13/h9-10,12,14H,3-8H2,1-2H3. The minimum absolute atomic E-state index is 0.181. The molecule has 0 spiro atoms. The van der Waals surface area contributed by atoms with E-state index >= 15 is 0 Å². The third kappa shape index (κ3) is 4.18. The Hall–Kier alpha value is -0.610. The Morgan fingerprint density at radius 2 is 2.07 bits per heavy atom. The molecular formula is C11H22N2O2. The topological polar surface area (TPSA) is 52.6 Å². The van der Waals surface area contributed by atoms with Gasteiger partial charge in [0.1, 0.15) is 0 Å². The fourth-order valence-corrected chi connectivity index (χ4v) is 1.77. The number of hydrogen-bond donors (Lipinski definition) is 2. The van der Waals surface area contributed by atoms with Crippen molar-refractivity contribution in [3.05, 3.63) is 0 Å². The summed E-state index contributed by atoms with van der Waals surface area (Å²) >= 11 is 0. The van der Waals surface area contributed by atoms with E-state index in [1.165, 1.54) is 0 Å². The van der Waals surface area contributed by atoms with Crippen LogP contribution in [0.2, 0.25) is 0 Å². The van der Waals surface area contributed by atoms with Gasteiger partial charge in [0, 0.05) is 25.7 Å². The molecule has 2 N–H and O–H groups in total. The molecule has 1 heterocycles. The summed E-state index contributed by atoms with van der Waals surface area (Å²) in [6.45, 7) is 6.35. The molecule has 0 saturated carbocycles. The number of carbonyl (C=O) groups excluding carboxylic acids is 1. The van der Waals surface area contributed by atoms with Crippen molar-refractivity contribution >= 4 is 5.91 Å². The number of nitrogens with one attached hydrogen (secondary N) is 1. The van der Waals surface area contributed by atoms with E-state index in [-0.39, 0.29) is 12.5 Å². The number of hydrogen-bond acceptors (Lipinski definition) is 3. The number of rotatable bonds is 4. The molecule has 0 atom stereocenters. The molecule has 4 heteroatoms. The lowest BCUT2D eigenvalue weighted by atomic mass is 9.98. The molecule has 1 amide bonds. The van der Waals surface area contributed by atoms with E-state index in [0.717, 1.165) is 25.9 Å². The summed E-state index contributed by atoms with van der Waals surface area (Å²) in [6, 6.07) is 0.351. The van der Waals surface area contributed by atoms with Gasteiger partial charge in [-0.25, -0.2) is 0 Å². The van der Waals surface area contributed by atoms with E-state index in [1.807, 2.05) is 18.7 Å². The molecular weight excluding hydrogens is 192 g/mol. The lowest BCUT2D eigenvalue weighted by Crippen LogP contribution is -2.44. The third-order valence-corrected chi connectivity index (χ3v) is 2.89. The monoisotopic (exact) mass is 214 g/mol. The summed E-state index contributed by atoms with van der Waals surface area (Å²) in [5, 5.41) is 12.1. The van der Waals surface area contributed by atoms with Crippen molar-refractivity contribution in [3.8, 4) is 0 Å². The van der Waals surface area contributed by atoms with E-state index in [2.05, 4.69) is 5.32 Å². The highest BCUT2D eigenvalue weighted by Gasteiger charge is 2.21. The van der Waals surface area contributed by atoms with Gasteiger partial charge in [-0.2, -0.15) is 0 Å². The maximum absolute atomic E-state index is 11.7. The smallest absolute Gasteiger partial charge is 0.236 e. The molecule has 1 aliphatic rings. The van der Waals surface area contributed by atoms with Crippen LogP contribution in [0.15, 0.2) is 0 Å². The van der Waals surface area contributed by atoms with E-state index in [0.29, 0.717) is 18.5 Å². The average molecular weight is 214 g/mol. The van der Waals surface area contributed by atoms with Crippen molar-refractivity contribution < 1.29 is 9.90 Å². The fraction of sp³-hybridized carbons (Fsp3) is 0.909. The highest BCUT2D eigenvalue weighted by atomic mass is 16.3. The molecule has 0 aliphatic carbocycles. The van der Waals surface area contributed by atoms with Crippen molar-refractivity contribution in [2.75, 3.05) is 26.2 Å². The zero-order valence-electron chi connectivity index (χ0n) is 9.70. The van der Waals surface area contributed by atoms with Gasteiger partial charge in [-0.3, -0.25) is 4.79 Å². The van der Waals surface area contributed by atoms with E-state index < -0.39 is 0 Å². The zero-order valence-corrected chi connectivity index (χ0v) is 9.70. The molecule has 88 valence electrons. The maximum Gasteiger partial charge on any atom is 0.236 e. The van der Waals surface area contributed by atoms with Crippen molar-refractivity contribution in [2.24, 2.45) is 5.92 Å². The van der Waals surface area contributed by atoms with Crippen LogP contribution in [0.3, 0.4) is 0 Å². The van der Waals surface area contributed by atoms with Crippen LogP contribution in [-0.4, -0.2) is 48.2 Å². The first-order valence-electron chi connectivity index (χ1n) is 5.75. The molecule has 1 aliphatic heterocycles. The van der Waals surface area contributed by atoms with Crippen LogP contribution in [0, 0.1) is 5.92 Å². The van der Waals surface area contributed by atoms with Gasteiger partial charge in [0.25, 0.3) is 0 Å². The van der Waals surface area contributed by atoms with E-state index in [9.17, 15) is 4.79 Å². The molecule has 15 heavy (non-hydrogen) atoms. The van der Waals surface area contributed by atoms with Gasteiger partial charge in [0.05, 0.1) is 6.54 Å². The minimum atomic E-state index is 0.181. The van der Waals surface area contributed by atoms with Crippen LogP contribution >= 0.6 is 0 Å². The normalized spacial score (nSPS) is 18.5. The van der Waals surface area contributed by atoms with Gasteiger partial charge in [-0.15, -0.1) is 0 Å². The number of aliphatic hydroxyl groups excluding tert-OH is 1. The molecule has 1 saturated heterocycles. The van der Waals surface area contributed by atoms with Gasteiger partial charge in [0.2, 0.25) is 5.91 Å². The molecule has 4 nitrogen and oxygen atoms in total. The van der Waals surface area contributed by atoms with Crippen molar-refractivity contribution in [3.63, 3.8) is 0 Å². The first kappa shape index (κ1) is 12.5. The summed E-state index contributed by atoms with van der Waals surface area (Å²) in [5.41, 5.74) is 0. The Labute approximate surface area is 91.6 Å². The Bertz CT molecular complexity index is 199. The van der Waals surface area contributed by atoms with Gasteiger partial charge >= 0.3 is 0 Å². The number of likely N-dealkylation sites (tertiary alicyclic amines) is 1. The van der Waals surface area contributed by atoms with Gasteiger partial charge in [-0.05, 0) is 18.8 Å². The Morgan fingerprint density at radius 1 is 1.47 bits per heavy atom. The van der Waals surface area contributed by atoms with Crippen molar-refractivity contribution in [1.82, 2.24) is 10.2 Å². The maximum atomic E-state index is 11.7. The van der Waals surface area contributed by atoms with E-state index in [4.69, 9.17) is 5.11 Å². The minimum Gasteiger partial charge on any atom is -0.396 e. The molecule has 0 radical (unpaired) electrons. The van der Waals surface area contributed by atoms with Gasteiger partial charge in [-0.1, -0.05) is 13.8 Å². The molecule has 0 unspecified atom stereocenters. The predicted octanol–water partition coefficient (Wildman–Crippen LogP) is 0.215. The van der Waals surface area contributed by atoms with Crippen molar-refractivity contribution in [2.45, 2.75) is 32.7 Å². The molecule has 1 fully saturated rings. The second kappa shape index (κ2) is 6.08. The number of carbonyl (C=O) groups is 1.